The summed E-state index contributed by atoms with van der Waals surface area (Å²) in [5.41, 5.74) is 4.65. The fraction of sp³-hybridized carbons (Fsp3) is 0.394. The molecule has 41 heavy (non-hydrogen) atoms. The highest BCUT2D eigenvalue weighted by Crippen LogP contribution is 2.39. The number of benzene rings is 3. The van der Waals surface area contributed by atoms with E-state index in [0.717, 1.165) is 23.2 Å². The predicted molar refractivity (Wildman–Crippen MR) is 157 cm³/mol. The van der Waals surface area contributed by atoms with Crippen LogP contribution in [-0.4, -0.2) is 46.7 Å². The summed E-state index contributed by atoms with van der Waals surface area (Å²) in [4.78, 5) is 25.2. The number of carbonyl (C=O) groups excluding carboxylic acids is 1. The van der Waals surface area contributed by atoms with E-state index < -0.39 is 12.3 Å². The first-order valence-corrected chi connectivity index (χ1v) is 14.2. The van der Waals surface area contributed by atoms with Crippen LogP contribution < -0.4 is 5.32 Å². The number of aliphatic hydroxyl groups excluding tert-OH is 1. The molecule has 3 aromatic carbocycles. The Kier molecular flexibility index (Phi) is 11.0. The maximum Gasteiger partial charge on any atom is 0.303 e. The number of unbranched alkanes of at least 4 members (excludes halogenated alkanes) is 1. The summed E-state index contributed by atoms with van der Waals surface area (Å²) in [6, 6.07) is 25.9. The first-order valence-electron chi connectivity index (χ1n) is 14.2. The number of carbonyl (C=O) groups is 2. The lowest BCUT2D eigenvalue weighted by molar-refractivity contribution is -0.253. The molecule has 3 aromatic rings. The monoisotopic (exact) mass is 560 g/mol. The van der Waals surface area contributed by atoms with Gasteiger partial charge in [0.05, 0.1) is 18.8 Å². The summed E-state index contributed by atoms with van der Waals surface area (Å²) < 4.78 is 12.9. The van der Waals surface area contributed by atoms with Crippen LogP contribution in [0.3, 0.4) is 0 Å². The van der Waals surface area contributed by atoms with Gasteiger partial charge in [0.25, 0.3) is 0 Å². The maximum atomic E-state index is 12.3. The molecule has 0 saturated carbocycles. The lowest BCUT2D eigenvalue weighted by Gasteiger charge is -2.39. The van der Waals surface area contributed by atoms with Crippen LogP contribution in [0.15, 0.2) is 78.9 Å². The molecule has 1 amide bonds. The fourth-order valence-electron chi connectivity index (χ4n) is 5.01. The van der Waals surface area contributed by atoms with Gasteiger partial charge in [0, 0.05) is 43.1 Å². The fourth-order valence-corrected chi connectivity index (χ4v) is 5.01. The summed E-state index contributed by atoms with van der Waals surface area (Å²) in [5.74, 6) is -0.993. The van der Waals surface area contributed by atoms with Crippen molar-refractivity contribution in [2.75, 3.05) is 18.9 Å². The number of carboxylic acids is 1. The Balaban J connectivity index is 1.44. The quantitative estimate of drug-likeness (QED) is 0.220. The zero-order valence-electron chi connectivity index (χ0n) is 23.7. The van der Waals surface area contributed by atoms with E-state index in [1.54, 1.807) is 0 Å². The highest BCUT2D eigenvalue weighted by molar-refractivity contribution is 5.90. The van der Waals surface area contributed by atoms with Crippen LogP contribution in [0, 0.1) is 0 Å². The van der Waals surface area contributed by atoms with Gasteiger partial charge in [-0.15, -0.1) is 0 Å². The molecule has 0 aromatic heterocycles. The van der Waals surface area contributed by atoms with E-state index in [1.807, 2.05) is 54.6 Å². The van der Waals surface area contributed by atoms with E-state index >= 15 is 0 Å². The molecule has 4 atom stereocenters. The molecular formula is C33H40N2O6. The average Bonchev–Trinajstić information content (AvgIpc) is 2.99. The van der Waals surface area contributed by atoms with Crippen molar-refractivity contribution in [3.63, 3.8) is 0 Å². The molecule has 4 rings (SSSR count). The Morgan fingerprint density at radius 1 is 0.927 bits per heavy atom. The highest BCUT2D eigenvalue weighted by atomic mass is 16.7. The second-order valence-corrected chi connectivity index (χ2v) is 10.6. The first kappa shape index (κ1) is 30.4. The highest BCUT2D eigenvalue weighted by Gasteiger charge is 2.33. The van der Waals surface area contributed by atoms with Crippen molar-refractivity contribution >= 4 is 17.6 Å². The topological polar surface area (TPSA) is 108 Å². The molecule has 0 bridgehead atoms. The number of hydrogen-bond donors (Lipinski definition) is 3. The lowest BCUT2D eigenvalue weighted by Crippen LogP contribution is -2.38. The summed E-state index contributed by atoms with van der Waals surface area (Å²) in [6.07, 6.45) is 1.18. The summed E-state index contributed by atoms with van der Waals surface area (Å²) in [7, 11) is 2.11. The molecule has 1 fully saturated rings. The predicted octanol–water partition coefficient (Wildman–Crippen LogP) is 6.00. The Hall–Kier alpha value is -3.56. The van der Waals surface area contributed by atoms with Gasteiger partial charge in [-0.2, -0.15) is 0 Å². The van der Waals surface area contributed by atoms with Crippen molar-refractivity contribution in [1.29, 1.82) is 0 Å². The van der Waals surface area contributed by atoms with Crippen molar-refractivity contribution < 1.29 is 29.3 Å². The van der Waals surface area contributed by atoms with Gasteiger partial charge < -0.3 is 25.0 Å². The molecule has 1 saturated heterocycles. The minimum absolute atomic E-state index is 0.00639. The number of anilines is 1. The lowest BCUT2D eigenvalue weighted by atomic mass is 9.99. The molecule has 218 valence electrons. The zero-order valence-corrected chi connectivity index (χ0v) is 23.7. The van der Waals surface area contributed by atoms with E-state index in [0.29, 0.717) is 24.9 Å². The van der Waals surface area contributed by atoms with Crippen LogP contribution in [0.4, 0.5) is 5.69 Å². The molecule has 8 heteroatoms. The smallest absolute Gasteiger partial charge is 0.303 e. The van der Waals surface area contributed by atoms with Gasteiger partial charge in [-0.25, -0.2) is 0 Å². The molecule has 8 nitrogen and oxygen atoms in total. The molecule has 0 aliphatic carbocycles. The van der Waals surface area contributed by atoms with E-state index in [-0.39, 0.29) is 43.6 Å². The number of rotatable bonds is 13. The van der Waals surface area contributed by atoms with Crippen LogP contribution in [0.1, 0.15) is 79.7 Å². The molecule has 1 aliphatic heterocycles. The van der Waals surface area contributed by atoms with Crippen molar-refractivity contribution in [3.05, 3.63) is 101 Å². The number of ether oxygens (including phenoxy) is 2. The molecule has 1 heterocycles. The number of carboxylic acid groups (broad SMARTS) is 1. The number of likely N-dealkylation sites (N-methyl/N-ethyl adjacent to an activating group) is 1. The number of aliphatic hydroxyl groups is 1. The largest absolute Gasteiger partial charge is 0.481 e. The van der Waals surface area contributed by atoms with Crippen molar-refractivity contribution in [1.82, 2.24) is 4.90 Å². The van der Waals surface area contributed by atoms with Gasteiger partial charge in [0.15, 0.2) is 6.29 Å². The maximum absolute atomic E-state index is 12.3. The molecular weight excluding hydrogens is 520 g/mol. The normalized spacial score (nSPS) is 19.6. The standard InChI is InChI=1S/C33H40N2O6/c1-23(25-8-4-3-5-9-25)35(2)21-29-20-30(26-14-12-24(22-36)13-15-26)41-33(40-29)27-16-18-28(19-17-27)34-31(37)10-6-7-11-32(38)39/h3-5,8-9,12-19,23,29-30,33,36H,6-7,10-11,20-22H2,1-2H3,(H,34,37)(H,38,39). The van der Waals surface area contributed by atoms with Crippen molar-refractivity contribution in [3.8, 4) is 0 Å². The van der Waals surface area contributed by atoms with Gasteiger partial charge in [-0.1, -0.05) is 66.7 Å². The third-order valence-electron chi connectivity index (χ3n) is 7.56. The third kappa shape index (κ3) is 8.96. The molecule has 4 unspecified atom stereocenters. The summed E-state index contributed by atoms with van der Waals surface area (Å²) >= 11 is 0. The van der Waals surface area contributed by atoms with E-state index in [4.69, 9.17) is 14.6 Å². The van der Waals surface area contributed by atoms with Gasteiger partial charge >= 0.3 is 5.97 Å². The zero-order chi connectivity index (χ0) is 29.2. The van der Waals surface area contributed by atoms with Gasteiger partial charge in [0.1, 0.15) is 0 Å². The van der Waals surface area contributed by atoms with Crippen molar-refractivity contribution in [2.45, 2.75) is 70.2 Å². The molecule has 0 spiro atoms. The first-order chi connectivity index (χ1) is 19.8. The van der Waals surface area contributed by atoms with E-state index in [1.165, 1.54) is 5.56 Å². The van der Waals surface area contributed by atoms with Crippen LogP contribution in [0.25, 0.3) is 0 Å². The average molecular weight is 561 g/mol. The van der Waals surface area contributed by atoms with Gasteiger partial charge in [-0.3, -0.25) is 14.5 Å². The van der Waals surface area contributed by atoms with Crippen LogP contribution >= 0.6 is 0 Å². The van der Waals surface area contributed by atoms with Crippen LogP contribution in [0.2, 0.25) is 0 Å². The van der Waals surface area contributed by atoms with Crippen molar-refractivity contribution in [2.24, 2.45) is 0 Å². The van der Waals surface area contributed by atoms with Crippen LogP contribution in [0.5, 0.6) is 0 Å². The second kappa shape index (κ2) is 14.9. The number of hydrogen-bond acceptors (Lipinski definition) is 6. The van der Waals surface area contributed by atoms with Gasteiger partial charge in [0.2, 0.25) is 5.91 Å². The van der Waals surface area contributed by atoms with E-state index in [2.05, 4.69) is 48.5 Å². The Bertz CT molecular complexity index is 1250. The molecule has 0 radical (unpaired) electrons. The van der Waals surface area contributed by atoms with Gasteiger partial charge in [-0.05, 0) is 55.6 Å². The third-order valence-corrected chi connectivity index (χ3v) is 7.56. The molecule has 3 N–H and O–H groups in total. The minimum atomic E-state index is -0.850. The van der Waals surface area contributed by atoms with E-state index in [9.17, 15) is 14.7 Å². The Morgan fingerprint density at radius 3 is 2.24 bits per heavy atom. The number of aliphatic carboxylic acids is 1. The Morgan fingerprint density at radius 2 is 1.59 bits per heavy atom. The van der Waals surface area contributed by atoms with Crippen LogP contribution in [-0.2, 0) is 25.7 Å². The summed E-state index contributed by atoms with van der Waals surface area (Å²) in [6.45, 7) is 2.90. The Labute approximate surface area is 241 Å². The number of nitrogens with one attached hydrogen (secondary N) is 1. The SMILES string of the molecule is CC(c1ccccc1)N(C)CC1CC(c2ccc(CO)cc2)OC(c2ccc(NC(=O)CCCCC(=O)O)cc2)O1. The number of nitrogens with zero attached hydrogens (tertiary/aromatic N) is 1. The minimum Gasteiger partial charge on any atom is -0.481 e. The molecule has 1 aliphatic rings. The summed E-state index contributed by atoms with van der Waals surface area (Å²) in [5, 5.41) is 21.1. The number of amides is 1. The second-order valence-electron chi connectivity index (χ2n) is 10.6.